The number of amides is 2. The van der Waals surface area contributed by atoms with Crippen molar-refractivity contribution in [3.05, 3.63) is 24.3 Å². The topological polar surface area (TPSA) is 70.2 Å². The van der Waals surface area contributed by atoms with Gasteiger partial charge in [-0.05, 0) is 38.1 Å². The van der Waals surface area contributed by atoms with Crippen molar-refractivity contribution >= 4 is 16.1 Å². The number of hydrogen-bond donors (Lipinski definition) is 0. The van der Waals surface area contributed by atoms with Gasteiger partial charge in [-0.25, -0.2) is 13.2 Å². The van der Waals surface area contributed by atoms with Crippen LogP contribution >= 0.6 is 0 Å². The van der Waals surface area contributed by atoms with Crippen LogP contribution in [0.25, 0.3) is 0 Å². The smallest absolute Gasteiger partial charge is 0.321 e. The third-order valence-electron chi connectivity index (χ3n) is 4.01. The van der Waals surface area contributed by atoms with E-state index in [9.17, 15) is 13.2 Å². The van der Waals surface area contributed by atoms with Crippen molar-refractivity contribution in [3.8, 4) is 5.75 Å². The minimum Gasteiger partial charge on any atom is -0.497 e. The van der Waals surface area contributed by atoms with Crippen LogP contribution in [0.15, 0.2) is 29.2 Å². The zero-order chi connectivity index (χ0) is 17.4. The summed E-state index contributed by atoms with van der Waals surface area (Å²) in [5, 5.41) is 0. The van der Waals surface area contributed by atoms with E-state index in [1.54, 1.807) is 38.1 Å². The van der Waals surface area contributed by atoms with E-state index in [1.807, 2.05) is 6.92 Å². The molecule has 0 bridgehead atoms. The molecule has 1 heterocycles. The molecule has 0 saturated carbocycles. The second-order valence-electron chi connectivity index (χ2n) is 5.82. The first kappa shape index (κ1) is 17.6. The molecule has 1 aromatic rings. The predicted molar refractivity (Wildman–Crippen MR) is 86.7 cm³/mol. The van der Waals surface area contributed by atoms with Crippen molar-refractivity contribution in [2.45, 2.75) is 31.0 Å². The first-order valence-corrected chi connectivity index (χ1v) is 8.79. The molecule has 128 valence electrons. The van der Waals surface area contributed by atoms with Crippen molar-refractivity contribution in [3.63, 3.8) is 0 Å². The van der Waals surface area contributed by atoms with Gasteiger partial charge in [-0.2, -0.15) is 4.31 Å². The molecule has 0 spiro atoms. The quantitative estimate of drug-likeness (QED) is 0.834. The molecule has 0 aliphatic carbocycles. The molecule has 2 amide bonds. The Morgan fingerprint density at radius 2 is 1.78 bits per heavy atom. The van der Waals surface area contributed by atoms with E-state index < -0.39 is 16.2 Å². The van der Waals surface area contributed by atoms with Crippen LogP contribution in [0.4, 0.5) is 4.79 Å². The SMILES string of the molecule is COc1ccc(S(=O)(=O)N2C[C@H](C)N(C(=O)N(C)C)[C@H]2C)cc1. The molecule has 1 fully saturated rings. The molecule has 0 radical (unpaired) electrons. The normalized spacial score (nSPS) is 22.2. The molecule has 1 aliphatic heterocycles. The van der Waals surface area contributed by atoms with Gasteiger partial charge in [-0.15, -0.1) is 0 Å². The number of carbonyl (C=O) groups is 1. The lowest BCUT2D eigenvalue weighted by Gasteiger charge is -2.30. The lowest BCUT2D eigenvalue weighted by molar-refractivity contribution is 0.144. The summed E-state index contributed by atoms with van der Waals surface area (Å²) in [5.74, 6) is 0.594. The monoisotopic (exact) mass is 341 g/mol. The van der Waals surface area contributed by atoms with E-state index in [1.165, 1.54) is 28.4 Å². The molecule has 0 aromatic heterocycles. The van der Waals surface area contributed by atoms with Gasteiger partial charge in [0.15, 0.2) is 0 Å². The lowest BCUT2D eigenvalue weighted by atomic mass is 10.3. The Balaban J connectivity index is 2.31. The molecule has 1 saturated heterocycles. The summed E-state index contributed by atoms with van der Waals surface area (Å²) < 4.78 is 32.1. The molecule has 1 aromatic carbocycles. The van der Waals surface area contributed by atoms with Crippen molar-refractivity contribution in [1.29, 1.82) is 0 Å². The highest BCUT2D eigenvalue weighted by atomic mass is 32.2. The zero-order valence-electron chi connectivity index (χ0n) is 14.1. The number of ether oxygens (including phenoxy) is 1. The number of sulfonamides is 1. The van der Waals surface area contributed by atoms with Gasteiger partial charge in [0.2, 0.25) is 10.0 Å². The van der Waals surface area contributed by atoms with Gasteiger partial charge in [0.05, 0.1) is 18.2 Å². The summed E-state index contributed by atoms with van der Waals surface area (Å²) in [4.78, 5) is 15.5. The molecule has 23 heavy (non-hydrogen) atoms. The third-order valence-corrected chi connectivity index (χ3v) is 5.95. The molecule has 8 heteroatoms. The van der Waals surface area contributed by atoms with Crippen molar-refractivity contribution in [2.24, 2.45) is 0 Å². The first-order valence-electron chi connectivity index (χ1n) is 7.35. The van der Waals surface area contributed by atoms with E-state index in [-0.39, 0.29) is 23.5 Å². The number of urea groups is 1. The molecule has 1 aliphatic rings. The highest BCUT2D eigenvalue weighted by molar-refractivity contribution is 7.89. The minimum atomic E-state index is -3.67. The second kappa shape index (κ2) is 6.37. The van der Waals surface area contributed by atoms with Gasteiger partial charge in [0.25, 0.3) is 0 Å². The van der Waals surface area contributed by atoms with Gasteiger partial charge >= 0.3 is 6.03 Å². The fraction of sp³-hybridized carbons (Fsp3) is 0.533. The zero-order valence-corrected chi connectivity index (χ0v) is 14.9. The largest absolute Gasteiger partial charge is 0.497 e. The summed E-state index contributed by atoms with van der Waals surface area (Å²) in [5.41, 5.74) is 0. The Hall–Kier alpha value is -1.80. The van der Waals surface area contributed by atoms with Crippen molar-refractivity contribution in [2.75, 3.05) is 27.7 Å². The maximum Gasteiger partial charge on any atom is 0.321 e. The maximum absolute atomic E-state index is 12.9. The van der Waals surface area contributed by atoms with Gasteiger partial charge < -0.3 is 14.5 Å². The van der Waals surface area contributed by atoms with E-state index in [2.05, 4.69) is 0 Å². The predicted octanol–water partition coefficient (Wildman–Crippen LogP) is 1.42. The van der Waals surface area contributed by atoms with E-state index >= 15 is 0 Å². The molecular formula is C15H23N3O4S. The van der Waals surface area contributed by atoms with Crippen LogP contribution in [0.1, 0.15) is 13.8 Å². The van der Waals surface area contributed by atoms with Crippen LogP contribution in [0.2, 0.25) is 0 Å². The Kier molecular flexibility index (Phi) is 4.86. The van der Waals surface area contributed by atoms with Crippen LogP contribution in [0.3, 0.4) is 0 Å². The fourth-order valence-corrected chi connectivity index (χ4v) is 4.44. The van der Waals surface area contributed by atoms with Gasteiger partial charge in [0, 0.05) is 26.7 Å². The number of nitrogens with zero attached hydrogens (tertiary/aromatic N) is 3. The molecule has 2 atom stereocenters. The summed E-state index contributed by atoms with van der Waals surface area (Å²) in [7, 11) is 1.16. The van der Waals surface area contributed by atoms with Crippen LogP contribution in [-0.2, 0) is 10.0 Å². The number of hydrogen-bond acceptors (Lipinski definition) is 4. The standard InChI is InChI=1S/C15H23N3O4S/c1-11-10-17(12(2)18(11)15(19)16(3)4)23(20,21)14-8-6-13(22-5)7-9-14/h6-9,11-12H,10H2,1-5H3/t11-,12-/m0/s1. The number of rotatable bonds is 3. The highest BCUT2D eigenvalue weighted by Gasteiger charge is 2.44. The molecule has 0 unspecified atom stereocenters. The summed E-state index contributed by atoms with van der Waals surface area (Å²) in [6.07, 6.45) is -0.535. The maximum atomic E-state index is 12.9. The Bertz CT molecular complexity index is 672. The number of benzene rings is 1. The Morgan fingerprint density at radius 3 is 2.26 bits per heavy atom. The fourth-order valence-electron chi connectivity index (χ4n) is 2.77. The van der Waals surface area contributed by atoms with Crippen LogP contribution in [0, 0.1) is 0 Å². The highest BCUT2D eigenvalue weighted by Crippen LogP contribution is 2.29. The molecule has 7 nitrogen and oxygen atoms in total. The summed E-state index contributed by atoms with van der Waals surface area (Å²) in [6, 6.07) is 5.87. The van der Waals surface area contributed by atoms with Crippen LogP contribution < -0.4 is 4.74 Å². The summed E-state index contributed by atoms with van der Waals surface area (Å²) in [6.45, 7) is 3.85. The van der Waals surface area contributed by atoms with Gasteiger partial charge in [-0.3, -0.25) is 0 Å². The van der Waals surface area contributed by atoms with E-state index in [4.69, 9.17) is 4.74 Å². The first-order chi connectivity index (χ1) is 10.7. The average Bonchev–Trinajstić information content (AvgIpc) is 2.82. The lowest BCUT2D eigenvalue weighted by Crippen LogP contribution is -2.47. The van der Waals surface area contributed by atoms with Crippen molar-refractivity contribution < 1.29 is 17.9 Å². The van der Waals surface area contributed by atoms with Crippen molar-refractivity contribution in [1.82, 2.24) is 14.1 Å². The van der Waals surface area contributed by atoms with Gasteiger partial charge in [-0.1, -0.05) is 0 Å². The molecular weight excluding hydrogens is 318 g/mol. The van der Waals surface area contributed by atoms with E-state index in [0.29, 0.717) is 5.75 Å². The van der Waals surface area contributed by atoms with Gasteiger partial charge in [0.1, 0.15) is 5.75 Å². The molecule has 0 N–H and O–H groups in total. The second-order valence-corrected chi connectivity index (χ2v) is 7.71. The minimum absolute atomic E-state index is 0.187. The number of methoxy groups -OCH3 is 1. The summed E-state index contributed by atoms with van der Waals surface area (Å²) >= 11 is 0. The van der Waals surface area contributed by atoms with Crippen LogP contribution in [-0.4, -0.2) is 68.5 Å². The van der Waals surface area contributed by atoms with E-state index in [0.717, 1.165) is 0 Å². The number of carbonyl (C=O) groups excluding carboxylic acids is 1. The van der Waals surface area contributed by atoms with Crippen LogP contribution in [0.5, 0.6) is 5.75 Å². The Labute approximate surface area is 137 Å². The average molecular weight is 341 g/mol. The molecule has 2 rings (SSSR count). The Morgan fingerprint density at radius 1 is 1.22 bits per heavy atom. The third kappa shape index (κ3) is 3.13.